The van der Waals surface area contributed by atoms with Crippen LogP contribution < -0.4 is 20.1 Å². The predicted octanol–water partition coefficient (Wildman–Crippen LogP) is 9.35. The van der Waals surface area contributed by atoms with Gasteiger partial charge in [0.25, 0.3) is 0 Å². The Bertz CT molecular complexity index is 1150. The van der Waals surface area contributed by atoms with E-state index in [0.717, 1.165) is 23.0 Å². The van der Waals surface area contributed by atoms with Crippen molar-refractivity contribution in [1.29, 1.82) is 0 Å². The third kappa shape index (κ3) is 5.12. The molecule has 32 heavy (non-hydrogen) atoms. The maximum atomic E-state index is 5.94. The van der Waals surface area contributed by atoms with Crippen LogP contribution >= 0.6 is 55.3 Å². The quantitative estimate of drug-likeness (QED) is 0.146. The zero-order chi connectivity index (χ0) is 21.8. The van der Waals surface area contributed by atoms with E-state index in [1.54, 1.807) is 10.4 Å². The molecule has 2 nitrogen and oxygen atoms in total. The van der Waals surface area contributed by atoms with Gasteiger partial charge in [-0.1, -0.05) is 58.4 Å². The highest BCUT2D eigenvalue weighted by molar-refractivity contribution is 9.55. The molecular weight excluding hydrogens is 510 g/mol. The van der Waals surface area contributed by atoms with Gasteiger partial charge in [-0.05, 0) is 88.5 Å². The molecule has 4 aromatic rings. The Balaban J connectivity index is 1.23. The van der Waals surface area contributed by atoms with E-state index in [1.165, 1.54) is 10.6 Å². The summed E-state index contributed by atoms with van der Waals surface area (Å²) in [6.07, 6.45) is -0.303. The van der Waals surface area contributed by atoms with Gasteiger partial charge in [0.15, 0.2) is 0 Å². The third-order valence-electron chi connectivity index (χ3n) is 4.63. The molecule has 0 amide bonds. The fourth-order valence-corrected chi connectivity index (χ4v) is 37.4. The van der Waals surface area contributed by atoms with Crippen LogP contribution in [-0.4, -0.2) is 0 Å². The maximum Gasteiger partial charge on any atom is 0.127 e. The lowest BCUT2D eigenvalue weighted by Gasteiger charge is -2.45. The molecule has 1 aliphatic rings. The Morgan fingerprint density at radius 1 is 0.594 bits per heavy atom. The fraction of sp³-hybridized carbons (Fsp3) is 0. The minimum Gasteiger partial charge on any atom is -0.457 e. The summed E-state index contributed by atoms with van der Waals surface area (Å²) in [5.74, 6) is 3.43. The number of hydrogen-bond donors (Lipinski definition) is 1. The Kier molecular flexibility index (Phi) is 7.28. The summed E-state index contributed by atoms with van der Waals surface area (Å²) in [5, 5.41) is 2.73. The van der Waals surface area contributed by atoms with Gasteiger partial charge in [-0.3, -0.25) is 0 Å². The molecule has 0 aliphatic carbocycles. The molecule has 0 aromatic heterocycles. The summed E-state index contributed by atoms with van der Waals surface area (Å²) in [6.45, 7) is 0. The summed E-state index contributed by atoms with van der Waals surface area (Å²) in [5.41, 5.74) is 0. The van der Waals surface area contributed by atoms with Gasteiger partial charge in [-0.25, -0.2) is 0 Å². The van der Waals surface area contributed by atoms with Gasteiger partial charge < -0.3 is 9.47 Å². The standard InChI is InChI=1S/C24H19O2P2S4/c29-32-28(24-17-13-22(14-18-24)26-20-9-5-2-6-10-20)30-27(31-28)23-15-11-21(12-16-23)25-19-7-3-1-4-8-19/h1-18,29H. The molecule has 1 saturated heterocycles. The molecule has 0 N–H and O–H groups in total. The number of para-hydroxylation sites is 2. The van der Waals surface area contributed by atoms with Crippen molar-refractivity contribution in [2.24, 2.45) is 0 Å². The molecule has 1 aliphatic heterocycles. The van der Waals surface area contributed by atoms with E-state index in [-0.39, 0.29) is 6.33 Å². The lowest BCUT2D eigenvalue weighted by Crippen LogP contribution is -2.09. The first-order chi connectivity index (χ1) is 15.7. The molecule has 0 bridgehead atoms. The van der Waals surface area contributed by atoms with Crippen molar-refractivity contribution in [2.45, 2.75) is 0 Å². The molecule has 1 fully saturated rings. The van der Waals surface area contributed by atoms with Crippen LogP contribution in [0, 0.1) is 0 Å². The van der Waals surface area contributed by atoms with Crippen LogP contribution in [0.4, 0.5) is 0 Å². The zero-order valence-electron chi connectivity index (χ0n) is 16.8. The lowest BCUT2D eigenvalue weighted by atomic mass is 10.3. The molecule has 161 valence electrons. The van der Waals surface area contributed by atoms with E-state index in [1.807, 2.05) is 60.7 Å². The summed E-state index contributed by atoms with van der Waals surface area (Å²) >= 11 is 8.84. The van der Waals surface area contributed by atoms with Crippen molar-refractivity contribution < 1.29 is 9.47 Å². The lowest BCUT2D eigenvalue weighted by molar-refractivity contribution is 0.482. The molecule has 8 heteroatoms. The Hall–Kier alpha value is -1.26. The second-order valence-electron chi connectivity index (χ2n) is 6.82. The van der Waals surface area contributed by atoms with Gasteiger partial charge in [0.2, 0.25) is 0 Å². The van der Waals surface area contributed by atoms with E-state index in [2.05, 4.69) is 82.2 Å². The summed E-state index contributed by atoms with van der Waals surface area (Å²) in [6, 6.07) is 36.8. The molecule has 1 radical (unpaired) electrons. The maximum absolute atomic E-state index is 5.94. The van der Waals surface area contributed by atoms with Crippen LogP contribution in [0.5, 0.6) is 23.0 Å². The van der Waals surface area contributed by atoms with E-state index in [0.29, 0.717) is 0 Å². The van der Waals surface area contributed by atoms with Crippen molar-refractivity contribution in [2.75, 3.05) is 0 Å². The van der Waals surface area contributed by atoms with Crippen LogP contribution in [0.15, 0.2) is 109 Å². The highest BCUT2D eigenvalue weighted by Crippen LogP contribution is 3.10. The molecule has 1 heterocycles. The van der Waals surface area contributed by atoms with E-state index in [9.17, 15) is 0 Å². The first-order valence-corrected chi connectivity index (χ1v) is 19.5. The summed E-state index contributed by atoms with van der Waals surface area (Å²) < 4.78 is 11.9. The van der Waals surface area contributed by atoms with Crippen LogP contribution in [0.2, 0.25) is 0 Å². The SMILES string of the molecule is SS[P]1(c2ccc(Oc3ccccc3)cc2)SP(c2ccc(Oc3ccccc3)cc2)S1. The Morgan fingerprint density at radius 2 is 1.03 bits per heavy atom. The molecular formula is C24H19O2P2S4. The van der Waals surface area contributed by atoms with Gasteiger partial charge in [0.1, 0.15) is 23.0 Å². The third-order valence-corrected chi connectivity index (χ3v) is 36.1. The zero-order valence-corrected chi connectivity index (χ0v) is 21.9. The average Bonchev–Trinajstić information content (AvgIpc) is 2.82. The minimum absolute atomic E-state index is 0.303. The first-order valence-electron chi connectivity index (χ1n) is 9.82. The Morgan fingerprint density at radius 3 is 1.50 bits per heavy atom. The predicted molar refractivity (Wildman–Crippen MR) is 151 cm³/mol. The monoisotopic (exact) mass is 529 g/mol. The molecule has 0 spiro atoms. The molecule has 0 unspecified atom stereocenters. The highest BCUT2D eigenvalue weighted by Gasteiger charge is 2.47. The molecule has 5 rings (SSSR count). The topological polar surface area (TPSA) is 18.5 Å². The van der Waals surface area contributed by atoms with Crippen molar-refractivity contribution in [3.05, 3.63) is 109 Å². The second kappa shape index (κ2) is 10.3. The smallest absolute Gasteiger partial charge is 0.127 e. The van der Waals surface area contributed by atoms with Crippen LogP contribution in [0.3, 0.4) is 0 Å². The summed E-state index contributed by atoms with van der Waals surface area (Å²) in [7, 11) is 1.71. The van der Waals surface area contributed by atoms with Gasteiger partial charge in [0, 0.05) is 5.30 Å². The largest absolute Gasteiger partial charge is 0.457 e. The van der Waals surface area contributed by atoms with Crippen LogP contribution in [-0.2, 0) is 0 Å². The number of thiol groups is 1. The number of hydrogen-bond acceptors (Lipinski definition) is 6. The molecule has 4 aromatic carbocycles. The first kappa shape index (κ1) is 22.5. The Labute approximate surface area is 206 Å². The fourth-order valence-electron chi connectivity index (χ4n) is 3.05. The van der Waals surface area contributed by atoms with Crippen molar-refractivity contribution >= 4 is 65.9 Å². The van der Waals surface area contributed by atoms with Crippen molar-refractivity contribution in [3.63, 3.8) is 0 Å². The average molecular weight is 530 g/mol. The van der Waals surface area contributed by atoms with E-state index >= 15 is 0 Å². The van der Waals surface area contributed by atoms with Crippen LogP contribution in [0.1, 0.15) is 0 Å². The number of rotatable bonds is 7. The summed E-state index contributed by atoms with van der Waals surface area (Å²) in [4.78, 5) is -1.44. The van der Waals surface area contributed by atoms with E-state index < -0.39 is 4.87 Å². The van der Waals surface area contributed by atoms with Crippen LogP contribution in [0.25, 0.3) is 0 Å². The van der Waals surface area contributed by atoms with Gasteiger partial charge >= 0.3 is 0 Å². The highest BCUT2D eigenvalue weighted by atomic mass is 33.8. The molecule has 0 atom stereocenters. The van der Waals surface area contributed by atoms with Gasteiger partial charge in [0.05, 0.1) is 11.2 Å². The number of benzene rings is 4. The van der Waals surface area contributed by atoms with Crippen molar-refractivity contribution in [3.8, 4) is 23.0 Å². The van der Waals surface area contributed by atoms with Gasteiger partial charge in [-0.15, -0.1) is 11.7 Å². The molecule has 0 saturated carbocycles. The van der Waals surface area contributed by atoms with E-state index in [4.69, 9.17) is 9.47 Å². The van der Waals surface area contributed by atoms with Gasteiger partial charge in [-0.2, -0.15) is 0 Å². The van der Waals surface area contributed by atoms with Crippen molar-refractivity contribution in [1.82, 2.24) is 0 Å². The normalized spacial score (nSPS) is 19.7. The second-order valence-corrected chi connectivity index (χ2v) is 25.6. The minimum atomic E-state index is -1.44. The number of ether oxygens (including phenoxy) is 2.